The second kappa shape index (κ2) is 8.71. The van der Waals surface area contributed by atoms with Crippen molar-refractivity contribution < 1.29 is 17.9 Å². The number of amides is 1. The number of hydrogen-bond donors (Lipinski definition) is 2. The maximum Gasteiger partial charge on any atom is 0.421 e. The Hall–Kier alpha value is -0.340. The third kappa shape index (κ3) is 7.17. The van der Waals surface area contributed by atoms with Gasteiger partial charge in [0.2, 0.25) is 0 Å². The van der Waals surface area contributed by atoms with Crippen LogP contribution in [0.15, 0.2) is 0 Å². The molecule has 1 atom stereocenters. The summed E-state index contributed by atoms with van der Waals surface area (Å²) in [5, 5.41) is 0. The van der Waals surface area contributed by atoms with Crippen LogP contribution >= 0.6 is 15.9 Å². The molecular formula is C10H21BrN2O4S. The number of hydrogen-bond acceptors (Lipinski definition) is 4. The van der Waals surface area contributed by atoms with Crippen LogP contribution in [0.5, 0.6) is 0 Å². The molecule has 2 N–H and O–H groups in total. The monoisotopic (exact) mass is 344 g/mol. The lowest BCUT2D eigenvalue weighted by Gasteiger charge is -2.19. The fourth-order valence-corrected chi connectivity index (χ4v) is 3.34. The number of carbonyl (C=O) groups excluding carboxylic acids is 1. The highest BCUT2D eigenvalue weighted by Crippen LogP contribution is 2.19. The van der Waals surface area contributed by atoms with Crippen molar-refractivity contribution >= 4 is 32.2 Å². The first-order valence-electron chi connectivity index (χ1n) is 5.94. The summed E-state index contributed by atoms with van der Waals surface area (Å²) >= 11 is 3.44. The molecule has 0 aromatic carbocycles. The van der Waals surface area contributed by atoms with Crippen molar-refractivity contribution in [2.24, 2.45) is 5.92 Å². The van der Waals surface area contributed by atoms with Crippen LogP contribution in [0.2, 0.25) is 0 Å². The van der Waals surface area contributed by atoms with E-state index in [-0.39, 0.29) is 18.0 Å². The van der Waals surface area contributed by atoms with E-state index in [1.165, 1.54) is 0 Å². The molecule has 0 rings (SSSR count). The van der Waals surface area contributed by atoms with E-state index in [9.17, 15) is 13.2 Å². The molecule has 8 heteroatoms. The Kier molecular flexibility index (Phi) is 8.54. The molecule has 0 fully saturated rings. The Morgan fingerprint density at radius 3 is 2.28 bits per heavy atom. The summed E-state index contributed by atoms with van der Waals surface area (Å²) in [6.45, 7) is 6.04. The predicted octanol–water partition coefficient (Wildman–Crippen LogP) is 1.77. The van der Waals surface area contributed by atoms with Crippen LogP contribution in [-0.2, 0) is 14.9 Å². The van der Waals surface area contributed by atoms with E-state index in [0.29, 0.717) is 5.92 Å². The van der Waals surface area contributed by atoms with Crippen molar-refractivity contribution in [2.45, 2.75) is 38.4 Å². The summed E-state index contributed by atoms with van der Waals surface area (Å²) in [6.07, 6.45) is 0.942. The van der Waals surface area contributed by atoms with E-state index in [1.54, 1.807) is 11.6 Å². The van der Waals surface area contributed by atoms with Gasteiger partial charge >= 0.3 is 16.3 Å². The molecule has 0 bridgehead atoms. The van der Waals surface area contributed by atoms with Crippen LogP contribution in [0.1, 0.15) is 33.6 Å². The van der Waals surface area contributed by atoms with E-state index in [2.05, 4.69) is 25.4 Å². The molecule has 0 aliphatic rings. The standard InChI is InChI=1S/C10H21BrN2O4S/c1-4-8(5-2)9(11)7-12-18(15,16)13-10(14)17-6-3/h8-9,12H,4-7H2,1-3H3,(H,13,14). The van der Waals surface area contributed by atoms with Gasteiger partial charge in [0.05, 0.1) is 6.61 Å². The summed E-state index contributed by atoms with van der Waals surface area (Å²) in [6, 6.07) is 0. The number of nitrogens with one attached hydrogen (secondary N) is 2. The molecule has 1 unspecified atom stereocenters. The minimum atomic E-state index is -3.85. The van der Waals surface area contributed by atoms with Gasteiger partial charge in [-0.25, -0.2) is 9.52 Å². The van der Waals surface area contributed by atoms with E-state index in [1.807, 2.05) is 13.8 Å². The normalized spacial score (nSPS) is 13.4. The Labute approximate surface area is 117 Å². The van der Waals surface area contributed by atoms with Crippen molar-refractivity contribution in [3.63, 3.8) is 0 Å². The van der Waals surface area contributed by atoms with E-state index < -0.39 is 16.3 Å². The number of ether oxygens (including phenoxy) is 1. The molecule has 18 heavy (non-hydrogen) atoms. The second-order valence-electron chi connectivity index (χ2n) is 3.77. The lowest BCUT2D eigenvalue weighted by molar-refractivity contribution is 0.158. The number of halogens is 1. The molecule has 108 valence electrons. The van der Waals surface area contributed by atoms with Gasteiger partial charge in [0.25, 0.3) is 0 Å². The zero-order valence-electron chi connectivity index (χ0n) is 10.9. The van der Waals surface area contributed by atoms with Crippen LogP contribution in [0.3, 0.4) is 0 Å². The fraction of sp³-hybridized carbons (Fsp3) is 0.900. The maximum atomic E-state index is 11.5. The summed E-state index contributed by atoms with van der Waals surface area (Å²) in [7, 11) is -3.85. The average Bonchev–Trinajstić information content (AvgIpc) is 2.27. The molecule has 0 spiro atoms. The summed E-state index contributed by atoms with van der Waals surface area (Å²) in [5.74, 6) is 0.385. The average molecular weight is 345 g/mol. The fourth-order valence-electron chi connectivity index (χ4n) is 1.46. The quantitative estimate of drug-likeness (QED) is 0.657. The van der Waals surface area contributed by atoms with Gasteiger partial charge in [-0.05, 0) is 12.8 Å². The Morgan fingerprint density at radius 2 is 1.83 bits per heavy atom. The lowest BCUT2D eigenvalue weighted by Crippen LogP contribution is -2.43. The second-order valence-corrected chi connectivity index (χ2v) is 6.44. The summed E-state index contributed by atoms with van der Waals surface area (Å²) in [5.41, 5.74) is 0. The molecule has 0 aromatic heterocycles. The molecule has 6 nitrogen and oxygen atoms in total. The first kappa shape index (κ1) is 17.7. The minimum Gasteiger partial charge on any atom is -0.449 e. The molecule has 1 amide bonds. The topological polar surface area (TPSA) is 84.5 Å². The zero-order valence-corrected chi connectivity index (χ0v) is 13.3. The molecule has 0 saturated heterocycles. The Morgan fingerprint density at radius 1 is 1.28 bits per heavy atom. The predicted molar refractivity (Wildman–Crippen MR) is 73.9 cm³/mol. The Balaban J connectivity index is 4.22. The smallest absolute Gasteiger partial charge is 0.421 e. The largest absolute Gasteiger partial charge is 0.449 e. The number of alkyl halides is 1. The van der Waals surface area contributed by atoms with Gasteiger partial charge in [-0.15, -0.1) is 0 Å². The lowest BCUT2D eigenvalue weighted by atomic mass is 10.00. The van der Waals surface area contributed by atoms with Gasteiger partial charge in [-0.3, -0.25) is 0 Å². The van der Waals surface area contributed by atoms with Gasteiger partial charge < -0.3 is 4.74 Å². The molecule has 0 heterocycles. The van der Waals surface area contributed by atoms with Crippen LogP contribution < -0.4 is 9.44 Å². The van der Waals surface area contributed by atoms with Crippen LogP contribution in [0, 0.1) is 5.92 Å². The molecule has 0 aliphatic heterocycles. The number of carbonyl (C=O) groups is 1. The highest BCUT2D eigenvalue weighted by atomic mass is 79.9. The summed E-state index contributed by atoms with van der Waals surface area (Å²) < 4.78 is 31.5. The summed E-state index contributed by atoms with van der Waals surface area (Å²) in [4.78, 5) is 11.0. The van der Waals surface area contributed by atoms with Gasteiger partial charge in [-0.2, -0.15) is 13.1 Å². The van der Waals surface area contributed by atoms with Crippen molar-refractivity contribution in [3.05, 3.63) is 0 Å². The third-order valence-corrected chi connectivity index (χ3v) is 4.58. The molecule has 0 saturated carbocycles. The zero-order chi connectivity index (χ0) is 14.2. The highest BCUT2D eigenvalue weighted by molar-refractivity contribution is 9.09. The maximum absolute atomic E-state index is 11.5. The van der Waals surface area contributed by atoms with E-state index >= 15 is 0 Å². The minimum absolute atomic E-state index is 0.0336. The molecule has 0 aromatic rings. The van der Waals surface area contributed by atoms with Crippen molar-refractivity contribution in [3.8, 4) is 0 Å². The molecule has 0 aliphatic carbocycles. The van der Waals surface area contributed by atoms with Gasteiger partial charge in [-0.1, -0.05) is 42.6 Å². The van der Waals surface area contributed by atoms with Crippen LogP contribution in [-0.4, -0.2) is 32.5 Å². The molecular weight excluding hydrogens is 324 g/mol. The highest BCUT2D eigenvalue weighted by Gasteiger charge is 2.20. The van der Waals surface area contributed by atoms with E-state index in [4.69, 9.17) is 0 Å². The van der Waals surface area contributed by atoms with Gasteiger partial charge in [0, 0.05) is 11.4 Å². The van der Waals surface area contributed by atoms with Crippen molar-refractivity contribution in [2.75, 3.05) is 13.2 Å². The van der Waals surface area contributed by atoms with Gasteiger partial charge in [0.15, 0.2) is 0 Å². The third-order valence-electron chi connectivity index (χ3n) is 2.52. The van der Waals surface area contributed by atoms with Crippen molar-refractivity contribution in [1.29, 1.82) is 0 Å². The molecule has 0 radical (unpaired) electrons. The number of rotatable bonds is 8. The van der Waals surface area contributed by atoms with E-state index in [0.717, 1.165) is 12.8 Å². The van der Waals surface area contributed by atoms with Crippen molar-refractivity contribution in [1.82, 2.24) is 9.44 Å². The first-order chi connectivity index (χ1) is 8.36. The van der Waals surface area contributed by atoms with Gasteiger partial charge in [0.1, 0.15) is 0 Å². The van der Waals surface area contributed by atoms with Crippen LogP contribution in [0.4, 0.5) is 4.79 Å². The van der Waals surface area contributed by atoms with Crippen LogP contribution in [0.25, 0.3) is 0 Å². The Bertz CT molecular complexity index is 344. The first-order valence-corrected chi connectivity index (χ1v) is 8.34. The SMILES string of the molecule is CCOC(=O)NS(=O)(=O)NCC(Br)C(CC)CC.